The minimum Gasteiger partial charge on any atom is -0.350 e. The van der Waals surface area contributed by atoms with E-state index in [0.29, 0.717) is 18.9 Å². The number of likely N-dealkylation sites (N-methyl/N-ethyl adjacent to an activating group) is 1. The molecule has 3 N–H and O–H groups in total. The number of carbonyl (C=O) groups excluding carboxylic acids is 2. The second-order valence-corrected chi connectivity index (χ2v) is 9.21. The molecule has 0 saturated heterocycles. The highest BCUT2D eigenvalue weighted by Crippen LogP contribution is 2.27. The molecular weight excluding hydrogens is 390 g/mol. The number of hydrogen-bond donors (Lipinski definition) is 3. The molecule has 1 saturated carbocycles. The number of nitrogens with zero attached hydrogens (tertiary/aromatic N) is 2. The molecular formula is C24H37N5O2. The van der Waals surface area contributed by atoms with E-state index in [1.807, 2.05) is 37.2 Å². The molecule has 2 aromatic heterocycles. The molecule has 2 aromatic rings. The lowest BCUT2D eigenvalue weighted by molar-refractivity contribution is -0.132. The van der Waals surface area contributed by atoms with Gasteiger partial charge in [0.25, 0.3) is 0 Å². The largest absolute Gasteiger partial charge is 0.350 e. The molecule has 2 heterocycles. The Morgan fingerprint density at radius 3 is 2.65 bits per heavy atom. The van der Waals surface area contributed by atoms with Crippen molar-refractivity contribution in [2.24, 2.45) is 5.92 Å². The molecule has 0 aromatic carbocycles. The smallest absolute Gasteiger partial charge is 0.242 e. The van der Waals surface area contributed by atoms with E-state index >= 15 is 0 Å². The van der Waals surface area contributed by atoms with Crippen LogP contribution in [0, 0.1) is 5.92 Å². The van der Waals surface area contributed by atoms with Crippen molar-refractivity contribution in [2.75, 3.05) is 7.05 Å². The Morgan fingerprint density at radius 1 is 1.19 bits per heavy atom. The van der Waals surface area contributed by atoms with Crippen molar-refractivity contribution in [1.29, 1.82) is 0 Å². The van der Waals surface area contributed by atoms with E-state index in [0.717, 1.165) is 29.4 Å². The Bertz CT molecular complexity index is 872. The third-order valence-corrected chi connectivity index (χ3v) is 6.66. The van der Waals surface area contributed by atoms with Gasteiger partial charge in [-0.1, -0.05) is 32.1 Å². The van der Waals surface area contributed by atoms with Gasteiger partial charge in [-0.15, -0.1) is 0 Å². The summed E-state index contributed by atoms with van der Waals surface area (Å²) < 4.78 is 0. The number of hydrogen-bond acceptors (Lipinski definition) is 4. The summed E-state index contributed by atoms with van der Waals surface area (Å²) >= 11 is 0. The van der Waals surface area contributed by atoms with Gasteiger partial charge in [-0.25, -0.2) is 4.98 Å². The highest BCUT2D eigenvalue weighted by atomic mass is 16.2. The van der Waals surface area contributed by atoms with Crippen LogP contribution in [0.3, 0.4) is 0 Å². The highest BCUT2D eigenvalue weighted by Gasteiger charge is 2.29. The highest BCUT2D eigenvalue weighted by molar-refractivity contribution is 5.89. The molecule has 7 heteroatoms. The molecule has 0 radical (unpaired) electrons. The van der Waals surface area contributed by atoms with E-state index in [4.69, 9.17) is 0 Å². The molecule has 0 bridgehead atoms. The van der Waals surface area contributed by atoms with Crippen LogP contribution in [0.1, 0.15) is 64.9 Å². The van der Waals surface area contributed by atoms with Crippen molar-refractivity contribution in [3.8, 4) is 0 Å². The van der Waals surface area contributed by atoms with Gasteiger partial charge in [0.2, 0.25) is 11.8 Å². The first-order chi connectivity index (χ1) is 14.8. The Labute approximate surface area is 185 Å². The molecule has 2 amide bonds. The molecule has 0 spiro atoms. The Hall–Kier alpha value is -2.41. The van der Waals surface area contributed by atoms with Crippen LogP contribution >= 0.6 is 0 Å². The van der Waals surface area contributed by atoms with Crippen LogP contribution in [0.25, 0.3) is 11.0 Å². The normalized spacial score (nSPS) is 17.1. The van der Waals surface area contributed by atoms with Crippen LogP contribution in [0.4, 0.5) is 0 Å². The van der Waals surface area contributed by atoms with E-state index in [-0.39, 0.29) is 23.9 Å². The molecule has 1 fully saturated rings. The van der Waals surface area contributed by atoms with Gasteiger partial charge in [0.15, 0.2) is 0 Å². The van der Waals surface area contributed by atoms with Gasteiger partial charge in [0.1, 0.15) is 11.7 Å². The minimum absolute atomic E-state index is 0.0948. The third kappa shape index (κ3) is 6.29. The number of amides is 2. The lowest BCUT2D eigenvalue weighted by atomic mass is 9.84. The second-order valence-electron chi connectivity index (χ2n) is 9.21. The monoisotopic (exact) mass is 427 g/mol. The van der Waals surface area contributed by atoms with Crippen LogP contribution in [0.15, 0.2) is 24.5 Å². The molecule has 0 aliphatic heterocycles. The lowest BCUT2D eigenvalue weighted by Crippen LogP contribution is -2.53. The van der Waals surface area contributed by atoms with Gasteiger partial charge in [0.05, 0.1) is 6.04 Å². The summed E-state index contributed by atoms with van der Waals surface area (Å²) in [7, 11) is 1.94. The quantitative estimate of drug-likeness (QED) is 0.572. The lowest BCUT2D eigenvalue weighted by Gasteiger charge is -2.31. The first-order valence-corrected chi connectivity index (χ1v) is 11.6. The summed E-state index contributed by atoms with van der Waals surface area (Å²) in [6, 6.07) is 3.44. The van der Waals surface area contributed by atoms with Gasteiger partial charge in [0, 0.05) is 30.4 Å². The Balaban J connectivity index is 1.64. The number of aromatic amines is 1. The van der Waals surface area contributed by atoms with E-state index in [1.54, 1.807) is 6.20 Å². The summed E-state index contributed by atoms with van der Waals surface area (Å²) in [4.78, 5) is 35.5. The van der Waals surface area contributed by atoms with Crippen molar-refractivity contribution in [1.82, 2.24) is 25.5 Å². The number of aromatic nitrogens is 2. The van der Waals surface area contributed by atoms with Crippen molar-refractivity contribution < 1.29 is 9.59 Å². The molecule has 7 nitrogen and oxygen atoms in total. The van der Waals surface area contributed by atoms with Crippen molar-refractivity contribution >= 4 is 22.8 Å². The van der Waals surface area contributed by atoms with Gasteiger partial charge in [-0.2, -0.15) is 0 Å². The van der Waals surface area contributed by atoms with Crippen LogP contribution in [-0.2, 0) is 16.1 Å². The maximum Gasteiger partial charge on any atom is 0.242 e. The SMILES string of the molecule is CC(C)N(C)[C@@H](C)C(=O)N[C@@H](CC1CCCCC1)C(=O)NCc1cnc2[nH]ccc2c1. The van der Waals surface area contributed by atoms with E-state index < -0.39 is 6.04 Å². The van der Waals surface area contributed by atoms with Crippen molar-refractivity contribution in [2.45, 2.75) is 84.0 Å². The average Bonchev–Trinajstić information content (AvgIpc) is 3.24. The van der Waals surface area contributed by atoms with Crippen LogP contribution in [0.2, 0.25) is 0 Å². The van der Waals surface area contributed by atoms with E-state index in [9.17, 15) is 9.59 Å². The number of pyridine rings is 1. The van der Waals surface area contributed by atoms with Gasteiger partial charge >= 0.3 is 0 Å². The number of nitrogens with one attached hydrogen (secondary N) is 3. The van der Waals surface area contributed by atoms with Crippen LogP contribution < -0.4 is 10.6 Å². The standard InChI is InChI=1S/C24H37N5O2/c1-16(2)29(4)17(3)23(30)28-21(13-18-8-6-5-7-9-18)24(31)27-15-19-12-20-10-11-25-22(20)26-14-19/h10-12,14,16-18,21H,5-9,13,15H2,1-4H3,(H,25,26)(H,27,31)(H,28,30)/t17-,21-/m0/s1. The van der Waals surface area contributed by atoms with Crippen molar-refractivity contribution in [3.05, 3.63) is 30.1 Å². The summed E-state index contributed by atoms with van der Waals surface area (Å²) in [5, 5.41) is 7.09. The predicted molar refractivity (Wildman–Crippen MR) is 123 cm³/mol. The number of rotatable bonds is 9. The third-order valence-electron chi connectivity index (χ3n) is 6.66. The summed E-state index contributed by atoms with van der Waals surface area (Å²) in [5.74, 6) is 0.274. The summed E-state index contributed by atoms with van der Waals surface area (Å²) in [5.41, 5.74) is 1.77. The fourth-order valence-corrected chi connectivity index (χ4v) is 4.31. The maximum absolute atomic E-state index is 13.1. The zero-order chi connectivity index (χ0) is 22.4. The number of fused-ring (bicyclic) bond motifs is 1. The molecule has 0 unspecified atom stereocenters. The zero-order valence-corrected chi connectivity index (χ0v) is 19.3. The summed E-state index contributed by atoms with van der Waals surface area (Å²) in [6.45, 7) is 6.41. The fourth-order valence-electron chi connectivity index (χ4n) is 4.31. The van der Waals surface area contributed by atoms with Gasteiger partial charge < -0.3 is 15.6 Å². The Kier molecular flexibility index (Phi) is 8.07. The summed E-state index contributed by atoms with van der Waals surface area (Å²) in [6.07, 6.45) is 10.3. The van der Waals surface area contributed by atoms with Crippen LogP contribution in [0.5, 0.6) is 0 Å². The first kappa shape index (κ1) is 23.3. The Morgan fingerprint density at radius 2 is 1.94 bits per heavy atom. The van der Waals surface area contributed by atoms with E-state index in [1.165, 1.54) is 19.3 Å². The number of carbonyl (C=O) groups is 2. The molecule has 170 valence electrons. The molecule has 31 heavy (non-hydrogen) atoms. The first-order valence-electron chi connectivity index (χ1n) is 11.6. The topological polar surface area (TPSA) is 90.1 Å². The molecule has 1 aliphatic rings. The maximum atomic E-state index is 13.1. The minimum atomic E-state index is -0.512. The zero-order valence-electron chi connectivity index (χ0n) is 19.3. The van der Waals surface area contributed by atoms with Crippen LogP contribution in [-0.4, -0.2) is 51.9 Å². The second kappa shape index (κ2) is 10.8. The van der Waals surface area contributed by atoms with E-state index in [2.05, 4.69) is 34.4 Å². The molecule has 2 atom stereocenters. The number of H-pyrrole nitrogens is 1. The average molecular weight is 428 g/mol. The van der Waals surface area contributed by atoms with Gasteiger partial charge in [-0.05, 0) is 57.9 Å². The van der Waals surface area contributed by atoms with Crippen molar-refractivity contribution in [3.63, 3.8) is 0 Å². The van der Waals surface area contributed by atoms with Gasteiger partial charge in [-0.3, -0.25) is 14.5 Å². The predicted octanol–water partition coefficient (Wildman–Crippen LogP) is 3.36. The molecule has 1 aliphatic carbocycles. The molecule has 3 rings (SSSR count). The fraction of sp³-hybridized carbons (Fsp3) is 0.625.